The molecule has 7 nitrogen and oxygen atoms in total. The van der Waals surface area contributed by atoms with Crippen LogP contribution in [0.5, 0.6) is 0 Å². The average molecular weight is 452 g/mol. The highest BCUT2D eigenvalue weighted by atomic mass is 16.5. The number of likely N-dealkylation sites (tertiary alicyclic amines) is 1. The molecule has 0 spiro atoms. The van der Waals surface area contributed by atoms with Gasteiger partial charge in [0.05, 0.1) is 12.2 Å². The number of carbonyl (C=O) groups excluding carboxylic acids is 2. The molecule has 33 heavy (non-hydrogen) atoms. The summed E-state index contributed by atoms with van der Waals surface area (Å²) in [4.78, 5) is 27.0. The third-order valence-electron chi connectivity index (χ3n) is 6.65. The van der Waals surface area contributed by atoms with Gasteiger partial charge in [0.1, 0.15) is 0 Å². The number of ether oxygens (including phenoxy) is 1. The van der Waals surface area contributed by atoms with Crippen molar-refractivity contribution in [1.82, 2.24) is 15.5 Å². The van der Waals surface area contributed by atoms with Crippen LogP contribution in [0.3, 0.4) is 0 Å². The van der Waals surface area contributed by atoms with Crippen LogP contribution in [0.15, 0.2) is 48.5 Å². The SMILES string of the molecule is COC1CCN(C(=O)c2ccc(C(=O)NC[C@@H](O)CNC3Cc4ccccc4C3)cc2)CC1. The van der Waals surface area contributed by atoms with Crippen molar-refractivity contribution in [2.24, 2.45) is 0 Å². The standard InChI is InChI=1S/C26H33N3O4/c1-33-24-10-12-29(13-11-24)26(32)19-8-6-18(7-9-19)25(31)28-17-23(30)16-27-22-14-20-4-2-3-5-21(20)15-22/h2-9,22-24,27,30H,10-17H2,1H3,(H,28,31)/t23-/m0/s1. The zero-order valence-electron chi connectivity index (χ0n) is 19.1. The summed E-state index contributed by atoms with van der Waals surface area (Å²) in [6, 6.07) is 15.4. The maximum Gasteiger partial charge on any atom is 0.253 e. The second-order valence-corrected chi connectivity index (χ2v) is 8.95. The number of hydrogen-bond acceptors (Lipinski definition) is 5. The predicted octanol–water partition coefficient (Wildman–Crippen LogP) is 1.79. The second-order valence-electron chi connectivity index (χ2n) is 8.95. The Hall–Kier alpha value is -2.74. The highest BCUT2D eigenvalue weighted by Crippen LogP contribution is 2.21. The van der Waals surface area contributed by atoms with Gasteiger partial charge in [0, 0.05) is 50.5 Å². The van der Waals surface area contributed by atoms with Gasteiger partial charge in [0.25, 0.3) is 11.8 Å². The van der Waals surface area contributed by atoms with Gasteiger partial charge in [0.2, 0.25) is 0 Å². The van der Waals surface area contributed by atoms with Gasteiger partial charge in [-0.05, 0) is 61.1 Å². The van der Waals surface area contributed by atoms with Gasteiger partial charge in [-0.3, -0.25) is 9.59 Å². The smallest absolute Gasteiger partial charge is 0.253 e. The molecule has 1 saturated heterocycles. The van der Waals surface area contributed by atoms with Crippen molar-refractivity contribution >= 4 is 11.8 Å². The number of aliphatic hydroxyl groups excluding tert-OH is 1. The molecule has 1 aliphatic carbocycles. The Morgan fingerprint density at radius 1 is 1.00 bits per heavy atom. The summed E-state index contributed by atoms with van der Waals surface area (Å²) >= 11 is 0. The van der Waals surface area contributed by atoms with Crippen molar-refractivity contribution in [3.63, 3.8) is 0 Å². The molecule has 4 rings (SSSR count). The predicted molar refractivity (Wildman–Crippen MR) is 126 cm³/mol. The molecule has 1 aliphatic heterocycles. The first-order valence-corrected chi connectivity index (χ1v) is 11.7. The lowest BCUT2D eigenvalue weighted by atomic mass is 10.1. The van der Waals surface area contributed by atoms with Gasteiger partial charge in [-0.1, -0.05) is 24.3 Å². The summed E-state index contributed by atoms with van der Waals surface area (Å²) in [7, 11) is 1.70. The minimum absolute atomic E-state index is 0.0212. The summed E-state index contributed by atoms with van der Waals surface area (Å²) in [5, 5.41) is 16.5. The minimum Gasteiger partial charge on any atom is -0.390 e. The van der Waals surface area contributed by atoms with Crippen LogP contribution in [-0.2, 0) is 17.6 Å². The van der Waals surface area contributed by atoms with E-state index in [2.05, 4.69) is 34.9 Å². The van der Waals surface area contributed by atoms with Gasteiger partial charge in [-0.2, -0.15) is 0 Å². The van der Waals surface area contributed by atoms with E-state index in [1.165, 1.54) is 11.1 Å². The first kappa shape index (κ1) is 23.4. The van der Waals surface area contributed by atoms with E-state index in [1.54, 1.807) is 31.4 Å². The molecule has 0 radical (unpaired) electrons. The maximum absolute atomic E-state index is 12.7. The van der Waals surface area contributed by atoms with Crippen LogP contribution in [-0.4, -0.2) is 73.4 Å². The van der Waals surface area contributed by atoms with E-state index in [1.807, 2.05) is 4.90 Å². The third kappa shape index (κ3) is 5.99. The van der Waals surface area contributed by atoms with Gasteiger partial charge in [0.15, 0.2) is 0 Å². The number of nitrogens with one attached hydrogen (secondary N) is 2. The lowest BCUT2D eigenvalue weighted by Gasteiger charge is -2.31. The fourth-order valence-electron chi connectivity index (χ4n) is 4.63. The van der Waals surface area contributed by atoms with Crippen LogP contribution in [0.1, 0.15) is 44.7 Å². The van der Waals surface area contributed by atoms with Crippen LogP contribution in [0.2, 0.25) is 0 Å². The number of nitrogens with zero attached hydrogens (tertiary/aromatic N) is 1. The van der Waals surface area contributed by atoms with Crippen molar-refractivity contribution < 1.29 is 19.4 Å². The molecule has 7 heteroatoms. The van der Waals surface area contributed by atoms with Crippen molar-refractivity contribution in [3.05, 3.63) is 70.8 Å². The Labute approximate surface area is 195 Å². The monoisotopic (exact) mass is 451 g/mol. The van der Waals surface area contributed by atoms with Gasteiger partial charge in [-0.25, -0.2) is 0 Å². The number of fused-ring (bicyclic) bond motifs is 1. The Morgan fingerprint density at radius 2 is 1.61 bits per heavy atom. The van der Waals surface area contributed by atoms with Crippen LogP contribution < -0.4 is 10.6 Å². The zero-order valence-corrected chi connectivity index (χ0v) is 19.1. The molecule has 0 unspecified atom stereocenters. The van der Waals surface area contributed by atoms with Crippen LogP contribution in [0.25, 0.3) is 0 Å². The molecule has 2 amide bonds. The molecule has 2 aromatic carbocycles. The van der Waals surface area contributed by atoms with Crippen molar-refractivity contribution in [2.45, 2.75) is 43.9 Å². The number of amides is 2. The number of rotatable bonds is 8. The van der Waals surface area contributed by atoms with E-state index in [-0.39, 0.29) is 24.5 Å². The van der Waals surface area contributed by atoms with Gasteiger partial charge in [-0.15, -0.1) is 0 Å². The number of piperidine rings is 1. The maximum atomic E-state index is 12.7. The van der Waals surface area contributed by atoms with Crippen molar-refractivity contribution in [3.8, 4) is 0 Å². The Balaban J connectivity index is 1.19. The number of hydrogen-bond donors (Lipinski definition) is 3. The zero-order chi connectivity index (χ0) is 23.2. The lowest BCUT2D eigenvalue weighted by Crippen LogP contribution is -2.42. The van der Waals surface area contributed by atoms with E-state index in [9.17, 15) is 14.7 Å². The molecule has 0 aromatic heterocycles. The van der Waals surface area contributed by atoms with E-state index < -0.39 is 6.10 Å². The van der Waals surface area contributed by atoms with E-state index in [4.69, 9.17) is 4.74 Å². The summed E-state index contributed by atoms with van der Waals surface area (Å²) in [5.74, 6) is -0.283. The first-order valence-electron chi connectivity index (χ1n) is 11.7. The molecule has 1 heterocycles. The van der Waals surface area contributed by atoms with Crippen molar-refractivity contribution in [2.75, 3.05) is 33.3 Å². The average Bonchev–Trinajstić information content (AvgIpc) is 3.29. The molecule has 0 saturated carbocycles. The molecule has 176 valence electrons. The van der Waals surface area contributed by atoms with Crippen molar-refractivity contribution in [1.29, 1.82) is 0 Å². The topological polar surface area (TPSA) is 90.9 Å². The van der Waals surface area contributed by atoms with E-state index in [0.717, 1.165) is 25.7 Å². The molecular weight excluding hydrogens is 418 g/mol. The highest BCUT2D eigenvalue weighted by molar-refractivity contribution is 5.97. The Bertz CT molecular complexity index is 929. The lowest BCUT2D eigenvalue weighted by molar-refractivity contribution is 0.0350. The molecule has 2 aliphatic rings. The summed E-state index contributed by atoms with van der Waals surface area (Å²) in [5.41, 5.74) is 3.76. The number of benzene rings is 2. The second kappa shape index (κ2) is 10.9. The highest BCUT2D eigenvalue weighted by Gasteiger charge is 2.24. The summed E-state index contributed by atoms with van der Waals surface area (Å²) in [6.45, 7) is 1.95. The quantitative estimate of drug-likeness (QED) is 0.569. The largest absolute Gasteiger partial charge is 0.390 e. The number of aliphatic hydroxyl groups is 1. The van der Waals surface area contributed by atoms with Crippen LogP contribution in [0.4, 0.5) is 0 Å². The molecule has 1 fully saturated rings. The summed E-state index contributed by atoms with van der Waals surface area (Å²) in [6.07, 6.45) is 3.16. The molecule has 0 bridgehead atoms. The molecule has 1 atom stereocenters. The molecule has 3 N–H and O–H groups in total. The number of carbonyl (C=O) groups is 2. The number of methoxy groups -OCH3 is 1. The molecular formula is C26H33N3O4. The minimum atomic E-state index is -0.673. The normalized spacial score (nSPS) is 17.6. The van der Waals surface area contributed by atoms with E-state index in [0.29, 0.717) is 36.8 Å². The molecule has 2 aromatic rings. The summed E-state index contributed by atoms with van der Waals surface area (Å²) < 4.78 is 5.36. The fraction of sp³-hybridized carbons (Fsp3) is 0.462. The first-order chi connectivity index (χ1) is 16.0. The van der Waals surface area contributed by atoms with Crippen LogP contribution >= 0.6 is 0 Å². The van der Waals surface area contributed by atoms with E-state index >= 15 is 0 Å². The van der Waals surface area contributed by atoms with Gasteiger partial charge >= 0.3 is 0 Å². The Morgan fingerprint density at radius 3 is 2.21 bits per heavy atom. The van der Waals surface area contributed by atoms with Gasteiger partial charge < -0.3 is 25.4 Å². The van der Waals surface area contributed by atoms with Crippen LogP contribution in [0, 0.1) is 0 Å². The fourth-order valence-corrected chi connectivity index (χ4v) is 4.63. The third-order valence-corrected chi connectivity index (χ3v) is 6.65. The Kier molecular flexibility index (Phi) is 7.75.